The first-order valence-electron chi connectivity index (χ1n) is 29.4. The van der Waals surface area contributed by atoms with E-state index in [1.165, 1.54) is 0 Å². The molecule has 1 heterocycles. The number of hydrogen-bond acceptors (Lipinski definition) is 12. The second-order valence-corrected chi connectivity index (χ2v) is 25.3. The largest absolute Gasteiger partial charge is 0.382 e. The molecule has 0 aliphatic carbocycles. The van der Waals surface area contributed by atoms with E-state index in [1.54, 1.807) is 0 Å². The van der Waals surface area contributed by atoms with E-state index >= 15 is 0 Å². The summed E-state index contributed by atoms with van der Waals surface area (Å²) in [5.74, 6) is 1.56. The molecule has 0 bridgehead atoms. The summed E-state index contributed by atoms with van der Waals surface area (Å²) in [5, 5.41) is 13.4. The number of allylic oxidation sites excluding steroid dienone is 2. The van der Waals surface area contributed by atoms with Crippen molar-refractivity contribution in [3.8, 4) is 0 Å². The summed E-state index contributed by atoms with van der Waals surface area (Å²) in [6.45, 7) is 75.3. The van der Waals surface area contributed by atoms with Gasteiger partial charge in [0.05, 0.1) is 61.4 Å². The zero-order valence-electron chi connectivity index (χ0n) is 54.4. The van der Waals surface area contributed by atoms with E-state index < -0.39 is 0 Å². The molecule has 0 aromatic heterocycles. The Balaban J connectivity index is 3.97. The second-order valence-electron chi connectivity index (χ2n) is 24.6. The van der Waals surface area contributed by atoms with E-state index in [9.17, 15) is 0 Å². The van der Waals surface area contributed by atoms with Crippen molar-refractivity contribution >= 4 is 29.8 Å². The van der Waals surface area contributed by atoms with Crippen molar-refractivity contribution in [1.82, 2.24) is 55.1 Å². The fourth-order valence-electron chi connectivity index (χ4n) is 10.5. The average molecular weight is 1130 g/mol. The van der Waals surface area contributed by atoms with Crippen LogP contribution in [0.25, 0.3) is 0 Å². The highest BCUT2D eigenvalue weighted by Gasteiger charge is 2.34. The topological polar surface area (TPSA) is 62.0 Å². The summed E-state index contributed by atoms with van der Waals surface area (Å²) >= 11 is 11.2. The fraction of sp³-hybridized carbons (Fsp3) is 0.652. The van der Waals surface area contributed by atoms with E-state index in [0.29, 0.717) is 30.8 Å². The first-order chi connectivity index (χ1) is 36.6. The van der Waals surface area contributed by atoms with Crippen molar-refractivity contribution in [1.29, 1.82) is 0 Å². The summed E-state index contributed by atoms with van der Waals surface area (Å²) in [5.41, 5.74) is 9.72. The van der Waals surface area contributed by atoms with Crippen LogP contribution in [0.3, 0.4) is 0 Å². The van der Waals surface area contributed by atoms with E-state index in [1.807, 2.05) is 5.41 Å². The Kier molecular flexibility index (Phi) is 31.1. The second kappa shape index (κ2) is 34.0. The Labute approximate surface area is 498 Å². The van der Waals surface area contributed by atoms with Gasteiger partial charge in [-0.15, -0.1) is 12.6 Å². The number of likely N-dealkylation sites (N-methyl/N-ethyl adjacent to an activating group) is 7. The van der Waals surface area contributed by atoms with Gasteiger partial charge in [-0.2, -0.15) is 0 Å². The van der Waals surface area contributed by atoms with Gasteiger partial charge in [0.2, 0.25) is 0 Å². The molecular formula is C66H119N11S2. The summed E-state index contributed by atoms with van der Waals surface area (Å²) in [4.78, 5) is 19.1. The minimum absolute atomic E-state index is 0.0111. The highest BCUT2D eigenvalue weighted by molar-refractivity contribution is 7.83. The van der Waals surface area contributed by atoms with Gasteiger partial charge in [-0.25, -0.2) is 0 Å². The van der Waals surface area contributed by atoms with E-state index in [4.69, 9.17) is 57.7 Å². The predicted octanol–water partition coefficient (Wildman–Crippen LogP) is 13.3. The summed E-state index contributed by atoms with van der Waals surface area (Å²) in [7, 11) is 14.9. The van der Waals surface area contributed by atoms with Crippen molar-refractivity contribution in [2.24, 2.45) is 23.7 Å². The van der Waals surface area contributed by atoms with Crippen LogP contribution in [0.15, 0.2) is 134 Å². The molecule has 1 aliphatic rings. The molecule has 1 aliphatic heterocycles. The lowest BCUT2D eigenvalue weighted by atomic mass is 9.95. The van der Waals surface area contributed by atoms with Gasteiger partial charge in [0.15, 0.2) is 0 Å². The molecule has 13 heteroatoms. The average Bonchev–Trinajstić information content (AvgIpc) is 3.39. The first-order valence-corrected chi connectivity index (χ1v) is 30.3. The maximum atomic E-state index is 6.37. The molecule has 3 N–H and O–H groups in total. The lowest BCUT2D eigenvalue weighted by molar-refractivity contribution is 0.183. The van der Waals surface area contributed by atoms with Crippen LogP contribution in [0.4, 0.5) is 0 Å². The number of hydrogen-bond donors (Lipinski definition) is 4. The highest BCUT2D eigenvalue weighted by Crippen LogP contribution is 2.30. The Morgan fingerprint density at radius 2 is 1.20 bits per heavy atom. The van der Waals surface area contributed by atoms with Crippen molar-refractivity contribution in [3.05, 3.63) is 134 Å². The molecule has 0 amide bonds. The molecule has 0 saturated carbocycles. The van der Waals surface area contributed by atoms with Crippen LogP contribution in [-0.4, -0.2) is 168 Å². The molecule has 9 atom stereocenters. The Hall–Kier alpha value is -4.62. The molecule has 0 aromatic carbocycles. The van der Waals surface area contributed by atoms with Crippen molar-refractivity contribution in [2.75, 3.05) is 69.0 Å². The van der Waals surface area contributed by atoms with Crippen molar-refractivity contribution < 1.29 is 0 Å². The first kappa shape index (κ1) is 72.4. The van der Waals surface area contributed by atoms with E-state index in [2.05, 4.69) is 240 Å². The number of nitrogens with one attached hydrogen (secondary N) is 3. The van der Waals surface area contributed by atoms with Gasteiger partial charge in [0, 0.05) is 125 Å². The van der Waals surface area contributed by atoms with Crippen LogP contribution in [0.5, 0.6) is 0 Å². The number of thiol groups is 1. The van der Waals surface area contributed by atoms with Gasteiger partial charge in [0.25, 0.3) is 0 Å². The fourth-order valence-corrected chi connectivity index (χ4v) is 11.1. The Bertz CT molecular complexity index is 2140. The van der Waals surface area contributed by atoms with Crippen LogP contribution in [0, 0.1) is 23.7 Å². The van der Waals surface area contributed by atoms with Crippen LogP contribution >= 0.6 is 24.8 Å². The molecule has 450 valence electrons. The van der Waals surface area contributed by atoms with E-state index in [-0.39, 0.29) is 60.3 Å². The van der Waals surface area contributed by atoms with Gasteiger partial charge in [-0.05, 0) is 110 Å². The lowest BCUT2D eigenvalue weighted by Crippen LogP contribution is -2.51. The molecule has 1 saturated heterocycles. The van der Waals surface area contributed by atoms with E-state index in [0.717, 1.165) is 107 Å². The molecule has 4 unspecified atom stereocenters. The third kappa shape index (κ3) is 21.3. The van der Waals surface area contributed by atoms with Crippen molar-refractivity contribution in [2.45, 2.75) is 190 Å². The third-order valence-electron chi connectivity index (χ3n) is 16.8. The molecule has 11 nitrogen and oxygen atoms in total. The van der Waals surface area contributed by atoms with Crippen LogP contribution in [0.2, 0.25) is 0 Å². The summed E-state index contributed by atoms with van der Waals surface area (Å²) < 4.78 is 0. The predicted molar refractivity (Wildman–Crippen MR) is 356 cm³/mol. The van der Waals surface area contributed by atoms with Crippen LogP contribution in [-0.2, 0) is 0 Å². The minimum Gasteiger partial charge on any atom is -0.382 e. The molecule has 0 spiro atoms. The number of rotatable bonds is 11. The smallest absolute Gasteiger partial charge is 0.101 e. The van der Waals surface area contributed by atoms with Gasteiger partial charge in [-0.3, -0.25) is 0 Å². The Morgan fingerprint density at radius 1 is 0.608 bits per heavy atom. The monoisotopic (exact) mass is 1130 g/mol. The maximum absolute atomic E-state index is 6.37. The van der Waals surface area contributed by atoms with Gasteiger partial charge in [-0.1, -0.05) is 132 Å². The van der Waals surface area contributed by atoms with Gasteiger partial charge in [0.1, 0.15) is 4.99 Å². The standard InChI is InChI=1S/C66H119N11S2/c1-31-32-33-47(10)39-63-52(15)67-40-49(12)71(25)41-50(13)73(27)62(35-34-43(2)3)53(16)69-65(45(6)7)59(22)74(28)55(18)56(19)77(46(8)9)57(20)61(42-78)68-51(14)54(17)75(29)64(38-44(4)5)58(21)70(24)37-36-48(11)72(26)60(23)66(79)76(63)30/h31-32,42-47,51,55,57,60,62-65,67-69,78H,11-13,15-17,19,21-22,33-41H2,1-10,14,18,20,23-30H3/b32-31+,61-42-/t47-,51?,55?,57+,60?,62+,63+,64+,65?/m1/s1. The highest BCUT2D eigenvalue weighted by atomic mass is 32.1. The third-order valence-corrected chi connectivity index (χ3v) is 17.7. The maximum Gasteiger partial charge on any atom is 0.101 e. The SMILES string of the molecule is C=C1NC(C(C)C)C(=C)N(C)C(C)C(=C)N(C(C)C)[C@@H](C)/C(=C/S)NC(C)C(=C)N(C)[C@@H](CC(C)C)C(=C)N(C)CCC(=C)N(C)C(C)C(=S)N(C)[C@@H](C[C@H](C)C/C=C/C)C(=C)NCC(=C)N(C)CC(=C)N(C)[C@H]1CCC(C)C. The Morgan fingerprint density at radius 3 is 1.72 bits per heavy atom. The summed E-state index contributed by atoms with van der Waals surface area (Å²) in [6, 6.07) is -0.367. The quantitative estimate of drug-likeness (QED) is 0.0906. The molecule has 79 heavy (non-hydrogen) atoms. The van der Waals surface area contributed by atoms with Crippen molar-refractivity contribution in [3.63, 3.8) is 0 Å². The summed E-state index contributed by atoms with van der Waals surface area (Å²) in [6.07, 6.45) is 9.83. The van der Waals surface area contributed by atoms with Gasteiger partial charge < -0.3 is 55.1 Å². The minimum atomic E-state index is -0.114. The van der Waals surface area contributed by atoms with Gasteiger partial charge >= 0.3 is 0 Å². The zero-order chi connectivity index (χ0) is 61.1. The zero-order valence-corrected chi connectivity index (χ0v) is 56.1. The number of nitrogens with zero attached hydrogens (tertiary/aromatic N) is 8. The molecule has 1 fully saturated rings. The molecular weight excluding hydrogens is 1010 g/mol. The molecule has 0 radical (unpaired) electrons. The normalized spacial score (nSPS) is 26.4. The van der Waals surface area contributed by atoms with Crippen LogP contribution < -0.4 is 16.0 Å². The number of thiocarbonyl (C=S) groups is 1. The molecule has 1 rings (SSSR count). The van der Waals surface area contributed by atoms with Crippen LogP contribution in [0.1, 0.15) is 135 Å². The molecule has 0 aromatic rings. The lowest BCUT2D eigenvalue weighted by Gasteiger charge is -2.45.